The summed E-state index contributed by atoms with van der Waals surface area (Å²) in [6.45, 7) is -0.0812. The average molecular weight is 245 g/mol. The highest BCUT2D eigenvalue weighted by molar-refractivity contribution is 5.58. The third-order valence-corrected chi connectivity index (χ3v) is 1.72. The monoisotopic (exact) mass is 245 g/mol. The first-order chi connectivity index (χ1) is 7.92. The van der Waals surface area contributed by atoms with Crippen molar-refractivity contribution in [1.82, 2.24) is 0 Å². The van der Waals surface area contributed by atoms with Crippen molar-refractivity contribution in [2.45, 2.75) is 12.8 Å². The van der Waals surface area contributed by atoms with Gasteiger partial charge in [0.05, 0.1) is 12.3 Å². The van der Waals surface area contributed by atoms with E-state index < -0.39 is 6.36 Å². The molecule has 1 aromatic carbocycles. The van der Waals surface area contributed by atoms with Crippen molar-refractivity contribution in [3.05, 3.63) is 23.8 Å². The number of ether oxygens (including phenoxy) is 1. The standard InChI is InChI=1S/C11H10F3NO2/c12-11(13,14)17-9-5-4-8(10(15)7-9)3-1-2-6-16/h4-5,7,16H,2,6,15H2. The molecule has 0 heterocycles. The maximum atomic E-state index is 11.9. The third kappa shape index (κ3) is 4.66. The number of halogens is 3. The van der Waals surface area contributed by atoms with Crippen molar-refractivity contribution in [3.8, 4) is 17.6 Å². The lowest BCUT2D eigenvalue weighted by Crippen LogP contribution is -2.17. The van der Waals surface area contributed by atoms with Gasteiger partial charge >= 0.3 is 6.36 Å². The van der Waals surface area contributed by atoms with Crippen LogP contribution >= 0.6 is 0 Å². The number of aliphatic hydroxyl groups is 1. The van der Waals surface area contributed by atoms with Crippen molar-refractivity contribution >= 4 is 5.69 Å². The molecule has 0 saturated heterocycles. The Kier molecular flexibility index (Phi) is 4.24. The van der Waals surface area contributed by atoms with Crippen LogP contribution in [0.25, 0.3) is 0 Å². The van der Waals surface area contributed by atoms with Gasteiger partial charge in [0.2, 0.25) is 0 Å². The zero-order valence-electron chi connectivity index (χ0n) is 8.71. The number of aliphatic hydroxyl groups excluding tert-OH is 1. The van der Waals surface area contributed by atoms with Gasteiger partial charge in [-0.15, -0.1) is 13.2 Å². The third-order valence-electron chi connectivity index (χ3n) is 1.72. The number of alkyl halides is 3. The van der Waals surface area contributed by atoms with Gasteiger partial charge in [-0.05, 0) is 12.1 Å². The molecular weight excluding hydrogens is 235 g/mol. The lowest BCUT2D eigenvalue weighted by atomic mass is 10.1. The van der Waals surface area contributed by atoms with E-state index in [-0.39, 0.29) is 24.5 Å². The van der Waals surface area contributed by atoms with Crippen LogP contribution < -0.4 is 10.5 Å². The highest BCUT2D eigenvalue weighted by Gasteiger charge is 2.31. The van der Waals surface area contributed by atoms with E-state index >= 15 is 0 Å². The van der Waals surface area contributed by atoms with Gasteiger partial charge in [-0.3, -0.25) is 0 Å². The fourth-order valence-corrected chi connectivity index (χ4v) is 1.07. The van der Waals surface area contributed by atoms with Crippen LogP contribution in [0.5, 0.6) is 5.75 Å². The molecule has 0 radical (unpaired) electrons. The molecule has 0 fully saturated rings. The Labute approximate surface area is 96.0 Å². The molecule has 1 rings (SSSR count). The molecule has 1 aromatic rings. The lowest BCUT2D eigenvalue weighted by Gasteiger charge is -2.09. The summed E-state index contributed by atoms with van der Waals surface area (Å²) in [5.74, 6) is 4.86. The summed E-state index contributed by atoms with van der Waals surface area (Å²) in [5.41, 5.74) is 6.00. The van der Waals surface area contributed by atoms with Gasteiger partial charge in [-0.25, -0.2) is 0 Å². The summed E-state index contributed by atoms with van der Waals surface area (Å²) in [4.78, 5) is 0. The molecule has 0 bridgehead atoms. The molecule has 17 heavy (non-hydrogen) atoms. The van der Waals surface area contributed by atoms with Gasteiger partial charge in [0, 0.05) is 18.1 Å². The van der Waals surface area contributed by atoms with Gasteiger partial charge < -0.3 is 15.6 Å². The molecule has 0 aliphatic rings. The van der Waals surface area contributed by atoms with Gasteiger partial charge in [0.25, 0.3) is 0 Å². The van der Waals surface area contributed by atoms with Crippen molar-refractivity contribution in [1.29, 1.82) is 0 Å². The Hall–Kier alpha value is -1.87. The van der Waals surface area contributed by atoms with E-state index in [4.69, 9.17) is 10.8 Å². The molecular formula is C11H10F3NO2. The van der Waals surface area contributed by atoms with Gasteiger partial charge in [-0.1, -0.05) is 11.8 Å². The van der Waals surface area contributed by atoms with Crippen LogP contribution in [-0.2, 0) is 0 Å². The van der Waals surface area contributed by atoms with E-state index in [1.54, 1.807) is 0 Å². The summed E-state index contributed by atoms with van der Waals surface area (Å²) in [6, 6.07) is 3.52. The maximum Gasteiger partial charge on any atom is 0.573 e. The van der Waals surface area contributed by atoms with Crippen LogP contribution in [0.3, 0.4) is 0 Å². The predicted octanol–water partition coefficient (Wildman–Crippen LogP) is 1.90. The van der Waals surface area contributed by atoms with Crippen molar-refractivity contribution in [3.63, 3.8) is 0 Å². The number of benzene rings is 1. The molecule has 3 N–H and O–H groups in total. The van der Waals surface area contributed by atoms with Crippen LogP contribution in [0, 0.1) is 11.8 Å². The minimum absolute atomic E-state index is 0.0812. The number of anilines is 1. The molecule has 0 aliphatic heterocycles. The molecule has 3 nitrogen and oxygen atoms in total. The summed E-state index contributed by atoms with van der Waals surface area (Å²) in [7, 11) is 0. The largest absolute Gasteiger partial charge is 0.573 e. The van der Waals surface area contributed by atoms with E-state index in [9.17, 15) is 13.2 Å². The first kappa shape index (κ1) is 13.2. The van der Waals surface area contributed by atoms with Crippen molar-refractivity contribution < 1.29 is 23.0 Å². The molecule has 0 unspecified atom stereocenters. The lowest BCUT2D eigenvalue weighted by molar-refractivity contribution is -0.274. The van der Waals surface area contributed by atoms with E-state index in [0.717, 1.165) is 12.1 Å². The molecule has 0 atom stereocenters. The van der Waals surface area contributed by atoms with E-state index in [0.29, 0.717) is 5.56 Å². The van der Waals surface area contributed by atoms with Gasteiger partial charge in [0.1, 0.15) is 5.75 Å². The fourth-order valence-electron chi connectivity index (χ4n) is 1.07. The van der Waals surface area contributed by atoms with Crippen LogP contribution in [0.4, 0.5) is 18.9 Å². The highest BCUT2D eigenvalue weighted by atomic mass is 19.4. The Balaban J connectivity index is 2.84. The van der Waals surface area contributed by atoms with Crippen LogP contribution in [0.1, 0.15) is 12.0 Å². The summed E-state index contributed by atoms with van der Waals surface area (Å²) in [5, 5.41) is 8.51. The second-order valence-electron chi connectivity index (χ2n) is 3.07. The summed E-state index contributed by atoms with van der Waals surface area (Å²) in [6.07, 6.45) is -4.46. The smallest absolute Gasteiger partial charge is 0.406 e. The van der Waals surface area contributed by atoms with Gasteiger partial charge in [-0.2, -0.15) is 0 Å². The number of nitrogen functional groups attached to an aromatic ring is 1. The van der Waals surface area contributed by atoms with E-state index in [1.807, 2.05) is 0 Å². The van der Waals surface area contributed by atoms with Crippen molar-refractivity contribution in [2.75, 3.05) is 12.3 Å². The van der Waals surface area contributed by atoms with E-state index in [2.05, 4.69) is 16.6 Å². The predicted molar refractivity (Wildman–Crippen MR) is 56.1 cm³/mol. The summed E-state index contributed by atoms with van der Waals surface area (Å²) >= 11 is 0. The molecule has 0 spiro atoms. The Morgan fingerprint density at radius 1 is 1.35 bits per heavy atom. The normalized spacial score (nSPS) is 10.6. The Morgan fingerprint density at radius 2 is 2.06 bits per heavy atom. The number of hydrogen-bond donors (Lipinski definition) is 2. The second-order valence-corrected chi connectivity index (χ2v) is 3.07. The molecule has 0 saturated carbocycles. The maximum absolute atomic E-state index is 11.9. The molecule has 6 heteroatoms. The Bertz CT molecular complexity index is 446. The molecule has 0 amide bonds. The topological polar surface area (TPSA) is 55.5 Å². The SMILES string of the molecule is Nc1cc(OC(F)(F)F)ccc1C#CCCO. The van der Waals surface area contributed by atoms with E-state index in [1.165, 1.54) is 6.07 Å². The van der Waals surface area contributed by atoms with Crippen molar-refractivity contribution in [2.24, 2.45) is 0 Å². The minimum Gasteiger partial charge on any atom is -0.406 e. The number of nitrogens with two attached hydrogens (primary N) is 1. The van der Waals surface area contributed by atoms with Crippen LogP contribution in [-0.4, -0.2) is 18.1 Å². The molecule has 0 aromatic heterocycles. The summed E-state index contributed by atoms with van der Waals surface area (Å²) < 4.78 is 39.4. The second kappa shape index (κ2) is 5.46. The van der Waals surface area contributed by atoms with Gasteiger partial charge in [0.15, 0.2) is 0 Å². The number of rotatable bonds is 2. The quantitative estimate of drug-likeness (QED) is 0.618. The number of hydrogen-bond acceptors (Lipinski definition) is 3. The first-order valence-electron chi connectivity index (χ1n) is 4.67. The zero-order chi connectivity index (χ0) is 12.9. The highest BCUT2D eigenvalue weighted by Crippen LogP contribution is 2.25. The van der Waals surface area contributed by atoms with Crippen LogP contribution in [0.15, 0.2) is 18.2 Å². The Morgan fingerprint density at radius 3 is 2.59 bits per heavy atom. The zero-order valence-corrected chi connectivity index (χ0v) is 8.71. The fraction of sp³-hybridized carbons (Fsp3) is 0.273. The average Bonchev–Trinajstić information content (AvgIpc) is 2.19. The molecule has 92 valence electrons. The van der Waals surface area contributed by atoms with Crippen LogP contribution in [0.2, 0.25) is 0 Å². The molecule has 0 aliphatic carbocycles. The first-order valence-corrected chi connectivity index (χ1v) is 4.67. The minimum atomic E-state index is -4.74.